The average molecular weight is 350 g/mol. The molecule has 1 unspecified atom stereocenters. The van der Waals surface area contributed by atoms with E-state index in [-0.39, 0.29) is 11.7 Å². The Morgan fingerprint density at radius 3 is 2.80 bits per heavy atom. The van der Waals surface area contributed by atoms with Crippen molar-refractivity contribution in [1.82, 2.24) is 10.1 Å². The normalized spacial score (nSPS) is 28.0. The zero-order valence-electron chi connectivity index (χ0n) is 15.2. The lowest BCUT2D eigenvalue weighted by atomic mass is 9.88. The quantitative estimate of drug-likeness (QED) is 0.813. The second kappa shape index (κ2) is 7.74. The number of aryl methyl sites for hydroxylation is 1. The molecule has 3 aliphatic rings. The van der Waals surface area contributed by atoms with Crippen LogP contribution in [0.4, 0.5) is 0 Å². The Morgan fingerprint density at radius 2 is 2.08 bits per heavy atom. The van der Waals surface area contributed by atoms with Gasteiger partial charge in [-0.25, -0.2) is 0 Å². The molecule has 3 aliphatic heterocycles. The van der Waals surface area contributed by atoms with Crippen molar-refractivity contribution in [3.8, 4) is 0 Å². The van der Waals surface area contributed by atoms with Crippen LogP contribution in [0.25, 0.3) is 0 Å². The number of hydrogen-bond donors (Lipinski definition) is 0. The summed E-state index contributed by atoms with van der Waals surface area (Å²) in [5.74, 6) is 1.55. The molecule has 3 fully saturated rings. The molecule has 1 spiro atoms. The molecule has 4 rings (SSSR count). The van der Waals surface area contributed by atoms with E-state index in [1.807, 2.05) is 13.0 Å². The zero-order valence-corrected chi connectivity index (χ0v) is 15.2. The predicted octanol–water partition coefficient (Wildman–Crippen LogP) is 2.55. The smallest absolute Gasteiger partial charge is 0.133 e. The van der Waals surface area contributed by atoms with E-state index >= 15 is 0 Å². The number of rotatable bonds is 5. The van der Waals surface area contributed by atoms with Gasteiger partial charge in [0, 0.05) is 45.3 Å². The fourth-order valence-electron chi connectivity index (χ4n) is 4.28. The molecule has 0 bridgehead atoms. The number of nitrogens with zero attached hydrogens (tertiary/aromatic N) is 2. The summed E-state index contributed by atoms with van der Waals surface area (Å²) >= 11 is 0. The van der Waals surface area contributed by atoms with Crippen molar-refractivity contribution in [1.29, 1.82) is 0 Å². The maximum atomic E-state index is 6.23. The van der Waals surface area contributed by atoms with Crippen molar-refractivity contribution in [3.63, 3.8) is 0 Å². The highest BCUT2D eigenvalue weighted by atomic mass is 16.6. The molecule has 0 radical (unpaired) electrons. The maximum absolute atomic E-state index is 6.23. The molecular weight excluding hydrogens is 320 g/mol. The standard InChI is InChI=1S/C19H30N2O4/c1-15-10-17(20-25-15)12-21-6-4-19(5-7-21)11-18(14-24-19)23-13-16-2-8-22-9-3-16/h10,16,18H,2-9,11-14H2,1H3. The van der Waals surface area contributed by atoms with Crippen molar-refractivity contribution in [3.05, 3.63) is 17.5 Å². The first-order chi connectivity index (χ1) is 12.2. The number of hydrogen-bond acceptors (Lipinski definition) is 6. The van der Waals surface area contributed by atoms with Crippen molar-refractivity contribution in [2.75, 3.05) is 39.5 Å². The highest BCUT2D eigenvalue weighted by Crippen LogP contribution is 2.37. The average Bonchev–Trinajstić information content (AvgIpc) is 3.23. The van der Waals surface area contributed by atoms with Crippen LogP contribution >= 0.6 is 0 Å². The van der Waals surface area contributed by atoms with Crippen LogP contribution < -0.4 is 0 Å². The van der Waals surface area contributed by atoms with E-state index in [9.17, 15) is 0 Å². The summed E-state index contributed by atoms with van der Waals surface area (Å²) in [6, 6.07) is 2.02. The molecule has 1 aromatic heterocycles. The molecule has 3 saturated heterocycles. The van der Waals surface area contributed by atoms with Gasteiger partial charge >= 0.3 is 0 Å². The summed E-state index contributed by atoms with van der Waals surface area (Å²) in [7, 11) is 0. The second-order valence-electron chi connectivity index (χ2n) is 7.91. The Bertz CT molecular complexity index is 547. The minimum absolute atomic E-state index is 0.0383. The molecule has 6 nitrogen and oxygen atoms in total. The van der Waals surface area contributed by atoms with Gasteiger partial charge in [-0.1, -0.05) is 5.16 Å². The third-order valence-corrected chi connectivity index (χ3v) is 5.91. The van der Waals surface area contributed by atoms with Crippen molar-refractivity contribution in [2.45, 2.75) is 57.3 Å². The molecule has 1 aromatic rings. The van der Waals surface area contributed by atoms with Gasteiger partial charge in [-0.15, -0.1) is 0 Å². The van der Waals surface area contributed by atoms with E-state index in [0.717, 1.165) is 89.6 Å². The molecular formula is C19H30N2O4. The van der Waals surface area contributed by atoms with E-state index in [1.54, 1.807) is 0 Å². The van der Waals surface area contributed by atoms with E-state index in [4.69, 9.17) is 18.7 Å². The summed E-state index contributed by atoms with van der Waals surface area (Å²) in [5, 5.41) is 4.10. The molecule has 4 heterocycles. The second-order valence-corrected chi connectivity index (χ2v) is 7.91. The molecule has 0 aliphatic carbocycles. The first-order valence-corrected chi connectivity index (χ1v) is 9.69. The Morgan fingerprint density at radius 1 is 1.28 bits per heavy atom. The van der Waals surface area contributed by atoms with Gasteiger partial charge in [-0.05, 0) is 38.5 Å². The monoisotopic (exact) mass is 350 g/mol. The van der Waals surface area contributed by atoms with E-state index in [2.05, 4.69) is 10.1 Å². The first kappa shape index (κ1) is 17.5. The van der Waals surface area contributed by atoms with Crippen molar-refractivity contribution >= 4 is 0 Å². The Labute approximate surface area is 149 Å². The highest BCUT2D eigenvalue weighted by Gasteiger charge is 2.43. The molecule has 1 atom stereocenters. The van der Waals surface area contributed by atoms with Crippen LogP contribution in [-0.4, -0.2) is 61.3 Å². The third kappa shape index (κ3) is 4.42. The zero-order chi connectivity index (χ0) is 17.1. The first-order valence-electron chi connectivity index (χ1n) is 9.69. The summed E-state index contributed by atoms with van der Waals surface area (Å²) < 4.78 is 23.0. The minimum Gasteiger partial charge on any atom is -0.381 e. The van der Waals surface area contributed by atoms with Gasteiger partial charge in [0.1, 0.15) is 5.76 Å². The minimum atomic E-state index is 0.0383. The van der Waals surface area contributed by atoms with Crippen molar-refractivity contribution in [2.24, 2.45) is 5.92 Å². The molecule has 25 heavy (non-hydrogen) atoms. The summed E-state index contributed by atoms with van der Waals surface area (Å²) in [6.45, 7) is 8.32. The number of ether oxygens (including phenoxy) is 3. The SMILES string of the molecule is Cc1cc(CN2CCC3(CC2)CC(OCC2CCOCC2)CO3)no1. The molecule has 0 aromatic carbocycles. The summed E-state index contributed by atoms with van der Waals surface area (Å²) in [5.41, 5.74) is 1.06. The number of aromatic nitrogens is 1. The van der Waals surface area contributed by atoms with Gasteiger partial charge in [0.15, 0.2) is 0 Å². The van der Waals surface area contributed by atoms with E-state index in [1.165, 1.54) is 0 Å². The molecule has 0 amide bonds. The fraction of sp³-hybridized carbons (Fsp3) is 0.842. The largest absolute Gasteiger partial charge is 0.381 e. The molecule has 0 N–H and O–H groups in total. The van der Waals surface area contributed by atoms with Gasteiger partial charge in [0.05, 0.1) is 30.6 Å². The van der Waals surface area contributed by atoms with Gasteiger partial charge in [-0.2, -0.15) is 0 Å². The van der Waals surface area contributed by atoms with Crippen LogP contribution in [0.3, 0.4) is 0 Å². The maximum Gasteiger partial charge on any atom is 0.133 e. The van der Waals surface area contributed by atoms with Crippen LogP contribution in [0.5, 0.6) is 0 Å². The topological polar surface area (TPSA) is 57.0 Å². The predicted molar refractivity (Wildman–Crippen MR) is 92.3 cm³/mol. The molecule has 6 heteroatoms. The molecule has 0 saturated carbocycles. The van der Waals surface area contributed by atoms with E-state index in [0.29, 0.717) is 5.92 Å². The van der Waals surface area contributed by atoms with Gasteiger partial charge < -0.3 is 18.7 Å². The van der Waals surface area contributed by atoms with Crippen LogP contribution in [-0.2, 0) is 20.8 Å². The Hall–Kier alpha value is -0.950. The molecule has 140 valence electrons. The summed E-state index contributed by atoms with van der Waals surface area (Å²) in [6.07, 6.45) is 5.76. The van der Waals surface area contributed by atoms with Crippen LogP contribution in [0, 0.1) is 12.8 Å². The Kier molecular flexibility index (Phi) is 5.41. The lowest BCUT2D eigenvalue weighted by Crippen LogP contribution is -2.44. The fourth-order valence-corrected chi connectivity index (χ4v) is 4.28. The van der Waals surface area contributed by atoms with Crippen LogP contribution in [0.1, 0.15) is 43.6 Å². The van der Waals surface area contributed by atoms with Gasteiger partial charge in [0.2, 0.25) is 0 Å². The number of piperidine rings is 1. The van der Waals surface area contributed by atoms with Gasteiger partial charge in [0.25, 0.3) is 0 Å². The lowest BCUT2D eigenvalue weighted by molar-refractivity contribution is -0.0481. The Balaban J connectivity index is 1.20. The van der Waals surface area contributed by atoms with Crippen LogP contribution in [0.15, 0.2) is 10.6 Å². The highest BCUT2D eigenvalue weighted by molar-refractivity contribution is 5.04. The van der Waals surface area contributed by atoms with Crippen molar-refractivity contribution < 1.29 is 18.7 Å². The third-order valence-electron chi connectivity index (χ3n) is 5.91. The van der Waals surface area contributed by atoms with E-state index < -0.39 is 0 Å². The number of likely N-dealkylation sites (tertiary alicyclic amines) is 1. The van der Waals surface area contributed by atoms with Gasteiger partial charge in [-0.3, -0.25) is 4.90 Å². The lowest BCUT2D eigenvalue weighted by Gasteiger charge is -2.38. The summed E-state index contributed by atoms with van der Waals surface area (Å²) in [4.78, 5) is 2.45. The van der Waals surface area contributed by atoms with Crippen LogP contribution in [0.2, 0.25) is 0 Å².